The van der Waals surface area contributed by atoms with Gasteiger partial charge in [-0.25, -0.2) is 0 Å². The maximum Gasteiger partial charge on any atom is 0.236 e. The molecule has 3 N–H and O–H groups in total. The summed E-state index contributed by atoms with van der Waals surface area (Å²) in [5, 5.41) is 8.62. The first-order valence-corrected chi connectivity index (χ1v) is 6.27. The molecule has 0 aromatic heterocycles. The van der Waals surface area contributed by atoms with E-state index in [2.05, 4.69) is 16.0 Å². The summed E-state index contributed by atoms with van der Waals surface area (Å²) in [5.41, 5.74) is 0. The van der Waals surface area contributed by atoms with Crippen molar-refractivity contribution in [2.75, 3.05) is 13.1 Å². The molecule has 0 aliphatic rings. The zero-order chi connectivity index (χ0) is 13.3. The molecule has 0 fully saturated rings. The number of rotatable bonds is 8. The summed E-state index contributed by atoms with van der Waals surface area (Å²) in [5.74, 6) is -0.00946. The molecule has 0 spiro atoms. The van der Waals surface area contributed by atoms with Gasteiger partial charge in [0.05, 0.1) is 6.04 Å². The van der Waals surface area contributed by atoms with Crippen LogP contribution in [-0.4, -0.2) is 37.0 Å². The molecule has 0 aromatic rings. The van der Waals surface area contributed by atoms with Crippen molar-refractivity contribution in [3.8, 4) is 0 Å². The van der Waals surface area contributed by atoms with E-state index < -0.39 is 0 Å². The van der Waals surface area contributed by atoms with E-state index in [1.54, 1.807) is 6.92 Å². The van der Waals surface area contributed by atoms with Crippen LogP contribution in [0.25, 0.3) is 0 Å². The predicted octanol–water partition coefficient (Wildman–Crippen LogP) is 0.405. The van der Waals surface area contributed by atoms with Gasteiger partial charge >= 0.3 is 0 Å². The van der Waals surface area contributed by atoms with Crippen molar-refractivity contribution in [3.05, 3.63) is 0 Å². The van der Waals surface area contributed by atoms with Crippen molar-refractivity contribution in [1.82, 2.24) is 16.0 Å². The van der Waals surface area contributed by atoms with Crippen LogP contribution in [0.5, 0.6) is 0 Å². The molecule has 1 atom stereocenters. The Morgan fingerprint density at radius 2 is 1.76 bits per heavy atom. The lowest BCUT2D eigenvalue weighted by molar-refractivity contribution is -0.124. The monoisotopic (exact) mass is 243 g/mol. The van der Waals surface area contributed by atoms with Gasteiger partial charge in [0.2, 0.25) is 11.8 Å². The minimum absolute atomic E-state index is 0.00802. The summed E-state index contributed by atoms with van der Waals surface area (Å²) in [7, 11) is 0. The Kier molecular flexibility index (Phi) is 8.40. The SMILES string of the molecule is CCCNC(=O)C(C)NCCC(=O)NC(C)C. The van der Waals surface area contributed by atoms with Gasteiger partial charge < -0.3 is 16.0 Å². The van der Waals surface area contributed by atoms with Gasteiger partial charge in [0.25, 0.3) is 0 Å². The van der Waals surface area contributed by atoms with Gasteiger partial charge in [-0.05, 0) is 27.2 Å². The van der Waals surface area contributed by atoms with E-state index in [1.165, 1.54) is 0 Å². The van der Waals surface area contributed by atoms with Crippen LogP contribution >= 0.6 is 0 Å². The fourth-order valence-corrected chi connectivity index (χ4v) is 1.29. The minimum Gasteiger partial charge on any atom is -0.355 e. The summed E-state index contributed by atoms with van der Waals surface area (Å²) in [6.07, 6.45) is 1.32. The third-order valence-electron chi connectivity index (χ3n) is 2.19. The van der Waals surface area contributed by atoms with Gasteiger partial charge in [-0.1, -0.05) is 6.92 Å². The summed E-state index contributed by atoms with van der Waals surface area (Å²) < 4.78 is 0. The van der Waals surface area contributed by atoms with Crippen molar-refractivity contribution in [2.24, 2.45) is 0 Å². The first-order chi connectivity index (χ1) is 7.97. The Labute approximate surface area is 104 Å². The van der Waals surface area contributed by atoms with Gasteiger partial charge in [0, 0.05) is 25.6 Å². The number of carbonyl (C=O) groups is 2. The lowest BCUT2D eigenvalue weighted by Crippen LogP contribution is -2.43. The third-order valence-corrected chi connectivity index (χ3v) is 2.19. The molecule has 2 amide bonds. The van der Waals surface area contributed by atoms with Gasteiger partial charge in [0.1, 0.15) is 0 Å². The van der Waals surface area contributed by atoms with Gasteiger partial charge in [-0.2, -0.15) is 0 Å². The second-order valence-electron chi connectivity index (χ2n) is 4.44. The first kappa shape index (κ1) is 15.9. The number of hydrogen-bond acceptors (Lipinski definition) is 3. The summed E-state index contributed by atoms with van der Waals surface area (Å²) >= 11 is 0. The van der Waals surface area contributed by atoms with Crippen LogP contribution in [-0.2, 0) is 9.59 Å². The third kappa shape index (κ3) is 8.68. The number of hydrogen-bond donors (Lipinski definition) is 3. The van der Waals surface area contributed by atoms with Crippen LogP contribution in [0.1, 0.15) is 40.5 Å². The molecule has 100 valence electrons. The van der Waals surface area contributed by atoms with Crippen molar-refractivity contribution in [2.45, 2.75) is 52.6 Å². The molecule has 0 aromatic carbocycles. The standard InChI is InChI=1S/C12H25N3O2/c1-5-7-14-12(17)10(4)13-8-6-11(16)15-9(2)3/h9-10,13H,5-8H2,1-4H3,(H,14,17)(H,15,16). The molecule has 0 aliphatic heterocycles. The van der Waals surface area contributed by atoms with Crippen LogP contribution in [0.15, 0.2) is 0 Å². The molecule has 0 saturated heterocycles. The fourth-order valence-electron chi connectivity index (χ4n) is 1.29. The van der Waals surface area contributed by atoms with E-state index in [1.807, 2.05) is 20.8 Å². The highest BCUT2D eigenvalue weighted by molar-refractivity contribution is 5.81. The van der Waals surface area contributed by atoms with E-state index in [9.17, 15) is 9.59 Å². The molecule has 0 rings (SSSR count). The molecular formula is C12H25N3O2. The van der Waals surface area contributed by atoms with E-state index in [0.717, 1.165) is 6.42 Å². The van der Waals surface area contributed by atoms with E-state index in [4.69, 9.17) is 0 Å². The second kappa shape index (κ2) is 8.98. The zero-order valence-corrected chi connectivity index (χ0v) is 11.3. The molecular weight excluding hydrogens is 218 g/mol. The molecule has 1 unspecified atom stereocenters. The highest BCUT2D eigenvalue weighted by Crippen LogP contribution is 1.86. The average molecular weight is 243 g/mol. The molecule has 0 saturated carbocycles. The maximum absolute atomic E-state index is 11.5. The van der Waals surface area contributed by atoms with Crippen LogP contribution < -0.4 is 16.0 Å². The van der Waals surface area contributed by atoms with Crippen LogP contribution in [0, 0.1) is 0 Å². The highest BCUT2D eigenvalue weighted by atomic mass is 16.2. The predicted molar refractivity (Wildman–Crippen MR) is 68.7 cm³/mol. The van der Waals surface area contributed by atoms with Crippen molar-refractivity contribution < 1.29 is 9.59 Å². The number of nitrogens with one attached hydrogen (secondary N) is 3. The Morgan fingerprint density at radius 1 is 1.12 bits per heavy atom. The van der Waals surface area contributed by atoms with Gasteiger partial charge in [-0.3, -0.25) is 9.59 Å². The van der Waals surface area contributed by atoms with Crippen molar-refractivity contribution in [3.63, 3.8) is 0 Å². The Bertz CT molecular complexity index is 242. The van der Waals surface area contributed by atoms with Crippen molar-refractivity contribution in [1.29, 1.82) is 0 Å². The van der Waals surface area contributed by atoms with E-state index >= 15 is 0 Å². The Morgan fingerprint density at radius 3 is 2.29 bits per heavy atom. The summed E-state index contributed by atoms with van der Waals surface area (Å²) in [6, 6.07) is -0.0961. The second-order valence-corrected chi connectivity index (χ2v) is 4.44. The number of amides is 2. The molecule has 0 heterocycles. The maximum atomic E-state index is 11.5. The zero-order valence-electron chi connectivity index (χ0n) is 11.3. The normalized spacial score (nSPS) is 12.3. The van der Waals surface area contributed by atoms with Gasteiger partial charge in [0.15, 0.2) is 0 Å². The molecule has 5 heteroatoms. The molecule has 5 nitrogen and oxygen atoms in total. The largest absolute Gasteiger partial charge is 0.355 e. The minimum atomic E-state index is -0.256. The Hall–Kier alpha value is -1.10. The average Bonchev–Trinajstić information content (AvgIpc) is 2.24. The molecule has 0 aliphatic carbocycles. The number of carbonyl (C=O) groups excluding carboxylic acids is 2. The van der Waals surface area contributed by atoms with E-state index in [-0.39, 0.29) is 23.9 Å². The van der Waals surface area contributed by atoms with E-state index in [0.29, 0.717) is 19.5 Å². The first-order valence-electron chi connectivity index (χ1n) is 6.27. The van der Waals surface area contributed by atoms with Crippen LogP contribution in [0.4, 0.5) is 0 Å². The lowest BCUT2D eigenvalue weighted by Gasteiger charge is -2.14. The van der Waals surface area contributed by atoms with Crippen LogP contribution in [0.2, 0.25) is 0 Å². The smallest absolute Gasteiger partial charge is 0.236 e. The Balaban J connectivity index is 3.66. The molecule has 0 radical (unpaired) electrons. The molecule has 17 heavy (non-hydrogen) atoms. The lowest BCUT2D eigenvalue weighted by atomic mass is 10.2. The topological polar surface area (TPSA) is 70.2 Å². The summed E-state index contributed by atoms with van der Waals surface area (Å²) in [6.45, 7) is 8.86. The fraction of sp³-hybridized carbons (Fsp3) is 0.833. The summed E-state index contributed by atoms with van der Waals surface area (Å²) in [4.78, 5) is 22.8. The quantitative estimate of drug-likeness (QED) is 0.578. The molecule has 0 bridgehead atoms. The van der Waals surface area contributed by atoms with Crippen molar-refractivity contribution >= 4 is 11.8 Å². The highest BCUT2D eigenvalue weighted by Gasteiger charge is 2.11. The van der Waals surface area contributed by atoms with Crippen LogP contribution in [0.3, 0.4) is 0 Å². The van der Waals surface area contributed by atoms with Gasteiger partial charge in [-0.15, -0.1) is 0 Å².